The van der Waals surface area contributed by atoms with Gasteiger partial charge in [0.25, 0.3) is 0 Å². The summed E-state index contributed by atoms with van der Waals surface area (Å²) in [6.07, 6.45) is -0.0269. The van der Waals surface area contributed by atoms with Crippen LogP contribution in [0.1, 0.15) is 33.6 Å². The Bertz CT molecular complexity index is 736. The molecule has 0 aliphatic carbocycles. The number of halogens is 2. The molecule has 10 heteroatoms. The number of aliphatic hydroxyl groups is 1. The number of anilines is 1. The van der Waals surface area contributed by atoms with Gasteiger partial charge in [-0.3, -0.25) is 4.90 Å². The minimum absolute atomic E-state index is 0.0395. The number of methoxy groups -OCH3 is 1. The van der Waals surface area contributed by atoms with E-state index in [1.165, 1.54) is 17.0 Å². The third kappa shape index (κ3) is 8.28. The zero-order valence-electron chi connectivity index (χ0n) is 20.0. The summed E-state index contributed by atoms with van der Waals surface area (Å²) in [5.41, 5.74) is 0.111. The SMILES string of the molecule is COCCOc1cc(F)c(N2CCN(C(C)(C)C)CC2)c(F)c1.O=C(O)N1CCC(O)CC1. The van der Waals surface area contributed by atoms with Gasteiger partial charge in [0.2, 0.25) is 0 Å². The minimum atomic E-state index is -0.883. The van der Waals surface area contributed by atoms with Crippen LogP contribution < -0.4 is 9.64 Å². The molecule has 2 saturated heterocycles. The van der Waals surface area contributed by atoms with Crippen LogP contribution in [-0.4, -0.2) is 97.3 Å². The van der Waals surface area contributed by atoms with Gasteiger partial charge in [0.1, 0.15) is 18.0 Å². The second-order valence-electron chi connectivity index (χ2n) is 9.22. The fraction of sp³-hybridized carbons (Fsp3) is 0.696. The van der Waals surface area contributed by atoms with Crippen molar-refractivity contribution >= 4 is 11.8 Å². The number of piperidine rings is 1. The number of aliphatic hydroxyl groups excluding tert-OH is 1. The average Bonchev–Trinajstić information content (AvgIpc) is 2.74. The normalized spacial score (nSPS) is 18.0. The van der Waals surface area contributed by atoms with Crippen LogP contribution in [-0.2, 0) is 4.74 Å². The Morgan fingerprint density at radius 2 is 1.58 bits per heavy atom. The van der Waals surface area contributed by atoms with Crippen molar-refractivity contribution < 1.29 is 33.3 Å². The number of amides is 1. The molecule has 0 spiro atoms. The number of carboxylic acid groups (broad SMARTS) is 1. The highest BCUT2D eigenvalue weighted by molar-refractivity contribution is 5.65. The van der Waals surface area contributed by atoms with Gasteiger partial charge in [0.15, 0.2) is 11.6 Å². The van der Waals surface area contributed by atoms with Gasteiger partial charge < -0.3 is 29.5 Å². The molecule has 0 saturated carbocycles. The van der Waals surface area contributed by atoms with Crippen LogP contribution >= 0.6 is 0 Å². The lowest BCUT2D eigenvalue weighted by atomic mass is 10.0. The molecule has 2 fully saturated rings. The molecule has 1 amide bonds. The molecule has 0 bridgehead atoms. The van der Waals surface area contributed by atoms with Crippen molar-refractivity contribution in [3.63, 3.8) is 0 Å². The van der Waals surface area contributed by atoms with Gasteiger partial charge in [-0.2, -0.15) is 0 Å². The summed E-state index contributed by atoms with van der Waals surface area (Å²) < 4.78 is 38.8. The van der Waals surface area contributed by atoms with E-state index in [-0.39, 0.29) is 29.7 Å². The molecular weight excluding hydrogens is 436 g/mol. The van der Waals surface area contributed by atoms with Gasteiger partial charge in [-0.25, -0.2) is 13.6 Å². The lowest BCUT2D eigenvalue weighted by Gasteiger charge is -2.43. The Morgan fingerprint density at radius 1 is 1.03 bits per heavy atom. The monoisotopic (exact) mass is 473 g/mol. The fourth-order valence-electron chi connectivity index (χ4n) is 3.83. The average molecular weight is 474 g/mol. The molecule has 0 radical (unpaired) electrons. The lowest BCUT2D eigenvalue weighted by molar-refractivity contribution is 0.0769. The van der Waals surface area contributed by atoms with Crippen molar-refractivity contribution in [3.8, 4) is 5.75 Å². The first-order chi connectivity index (χ1) is 15.5. The van der Waals surface area contributed by atoms with Gasteiger partial charge in [-0.05, 0) is 33.6 Å². The van der Waals surface area contributed by atoms with E-state index in [9.17, 15) is 13.6 Å². The van der Waals surface area contributed by atoms with E-state index in [4.69, 9.17) is 19.7 Å². The topological polar surface area (TPSA) is 85.7 Å². The second kappa shape index (κ2) is 12.3. The second-order valence-corrected chi connectivity index (χ2v) is 9.22. The Hall–Kier alpha value is -2.17. The number of piperazine rings is 1. The Morgan fingerprint density at radius 3 is 2.03 bits per heavy atom. The summed E-state index contributed by atoms with van der Waals surface area (Å²) >= 11 is 0. The zero-order valence-corrected chi connectivity index (χ0v) is 20.0. The van der Waals surface area contributed by atoms with E-state index in [1.54, 1.807) is 12.0 Å². The summed E-state index contributed by atoms with van der Waals surface area (Å²) in [5.74, 6) is -0.975. The van der Waals surface area contributed by atoms with Crippen LogP contribution in [0, 0.1) is 11.6 Å². The van der Waals surface area contributed by atoms with E-state index in [1.807, 2.05) is 0 Å². The Labute approximate surface area is 194 Å². The first-order valence-electron chi connectivity index (χ1n) is 11.3. The number of hydrogen-bond acceptors (Lipinski definition) is 6. The van der Waals surface area contributed by atoms with E-state index in [0.717, 1.165) is 13.1 Å². The van der Waals surface area contributed by atoms with E-state index >= 15 is 0 Å². The highest BCUT2D eigenvalue weighted by Crippen LogP contribution is 2.30. The summed E-state index contributed by atoms with van der Waals surface area (Å²) in [4.78, 5) is 15.7. The van der Waals surface area contributed by atoms with Gasteiger partial charge in [0.05, 0.1) is 12.7 Å². The Balaban J connectivity index is 0.000000321. The number of likely N-dealkylation sites (tertiary alicyclic amines) is 1. The largest absolute Gasteiger partial charge is 0.491 e. The fourth-order valence-corrected chi connectivity index (χ4v) is 3.83. The van der Waals surface area contributed by atoms with Crippen molar-refractivity contribution in [2.45, 2.75) is 45.3 Å². The maximum atomic E-state index is 14.3. The standard InChI is InChI=1S/C17H26F2N2O2.C6H11NO3/c1-17(2,3)21-7-5-20(6-8-21)16-14(18)11-13(12-15(16)19)23-10-9-22-4;8-5-1-3-7(4-2-5)6(9)10/h11-12H,5-10H2,1-4H3;5,8H,1-4H2,(H,9,10). The number of benzene rings is 1. The highest BCUT2D eigenvalue weighted by atomic mass is 19.1. The van der Waals surface area contributed by atoms with Crippen molar-refractivity contribution in [2.24, 2.45) is 0 Å². The first kappa shape index (κ1) is 27.1. The molecule has 3 rings (SSSR count). The zero-order chi connectivity index (χ0) is 24.6. The van der Waals surface area contributed by atoms with Crippen molar-refractivity contribution in [2.75, 3.05) is 64.5 Å². The van der Waals surface area contributed by atoms with Gasteiger partial charge in [-0.15, -0.1) is 0 Å². The van der Waals surface area contributed by atoms with Crippen molar-refractivity contribution in [3.05, 3.63) is 23.8 Å². The van der Waals surface area contributed by atoms with Crippen molar-refractivity contribution in [1.29, 1.82) is 0 Å². The molecule has 0 aromatic heterocycles. The summed E-state index contributed by atoms with van der Waals surface area (Å²) in [6.45, 7) is 10.8. The highest BCUT2D eigenvalue weighted by Gasteiger charge is 2.28. The molecule has 2 heterocycles. The van der Waals surface area contributed by atoms with Gasteiger partial charge in [-0.1, -0.05) is 0 Å². The summed E-state index contributed by atoms with van der Waals surface area (Å²) in [5, 5.41) is 17.5. The molecule has 1 aromatic rings. The van der Waals surface area contributed by atoms with Gasteiger partial charge in [0, 0.05) is 64.0 Å². The summed E-state index contributed by atoms with van der Waals surface area (Å²) in [7, 11) is 1.55. The number of rotatable bonds is 5. The van der Waals surface area contributed by atoms with Crippen LogP contribution in [0.15, 0.2) is 12.1 Å². The molecule has 0 atom stereocenters. The van der Waals surface area contributed by atoms with Crippen molar-refractivity contribution in [1.82, 2.24) is 9.80 Å². The number of carbonyl (C=O) groups is 1. The van der Waals surface area contributed by atoms with E-state index < -0.39 is 17.7 Å². The van der Waals surface area contributed by atoms with E-state index in [2.05, 4.69) is 25.7 Å². The quantitative estimate of drug-likeness (QED) is 0.636. The lowest BCUT2D eigenvalue weighted by Crippen LogP contribution is -2.53. The predicted molar refractivity (Wildman–Crippen MR) is 122 cm³/mol. The third-order valence-electron chi connectivity index (χ3n) is 5.83. The predicted octanol–water partition coefficient (Wildman–Crippen LogP) is 3.03. The number of hydrogen-bond donors (Lipinski definition) is 2. The maximum Gasteiger partial charge on any atom is 0.407 e. The third-order valence-corrected chi connectivity index (χ3v) is 5.83. The summed E-state index contributed by atoms with van der Waals surface area (Å²) in [6, 6.07) is 2.48. The van der Waals surface area contributed by atoms with Crippen LogP contribution in [0.3, 0.4) is 0 Å². The van der Waals surface area contributed by atoms with Crippen LogP contribution in [0.2, 0.25) is 0 Å². The van der Waals surface area contributed by atoms with Crippen LogP contribution in [0.25, 0.3) is 0 Å². The van der Waals surface area contributed by atoms with Crippen LogP contribution in [0.4, 0.5) is 19.3 Å². The number of ether oxygens (including phenoxy) is 2. The molecular formula is C23H37F2N3O5. The number of nitrogens with zero attached hydrogens (tertiary/aromatic N) is 3. The molecule has 2 aliphatic heterocycles. The maximum absolute atomic E-state index is 14.3. The first-order valence-corrected chi connectivity index (χ1v) is 11.3. The molecule has 8 nitrogen and oxygen atoms in total. The molecule has 188 valence electrons. The van der Waals surface area contributed by atoms with E-state index in [0.29, 0.717) is 45.6 Å². The molecule has 2 N–H and O–H groups in total. The molecule has 33 heavy (non-hydrogen) atoms. The minimum Gasteiger partial charge on any atom is -0.491 e. The Kier molecular flexibility index (Phi) is 10.1. The van der Waals surface area contributed by atoms with Crippen LogP contribution in [0.5, 0.6) is 5.75 Å². The smallest absolute Gasteiger partial charge is 0.407 e. The molecule has 0 unspecified atom stereocenters. The molecule has 2 aliphatic rings. The molecule has 1 aromatic carbocycles. The van der Waals surface area contributed by atoms with Gasteiger partial charge >= 0.3 is 6.09 Å².